The summed E-state index contributed by atoms with van der Waals surface area (Å²) in [4.78, 5) is 8.32. The van der Waals surface area contributed by atoms with Gasteiger partial charge < -0.3 is 14.2 Å². The van der Waals surface area contributed by atoms with E-state index in [-0.39, 0.29) is 6.61 Å². The summed E-state index contributed by atoms with van der Waals surface area (Å²) in [6.45, 7) is 0.269. The summed E-state index contributed by atoms with van der Waals surface area (Å²) in [5, 5.41) is 0. The molecule has 6 heteroatoms. The second-order valence-corrected chi connectivity index (χ2v) is 4.33. The van der Waals surface area contributed by atoms with E-state index in [1.54, 1.807) is 38.7 Å². The van der Waals surface area contributed by atoms with Gasteiger partial charge in [0, 0.05) is 18.5 Å². The number of aromatic nitrogens is 2. The van der Waals surface area contributed by atoms with Crippen molar-refractivity contribution in [3.8, 4) is 17.2 Å². The van der Waals surface area contributed by atoms with Crippen LogP contribution in [0.3, 0.4) is 0 Å². The first-order valence-electron chi connectivity index (χ1n) is 5.55. The number of rotatable bonds is 5. The predicted molar refractivity (Wildman–Crippen MR) is 73.6 cm³/mol. The summed E-state index contributed by atoms with van der Waals surface area (Å²) in [5.74, 6) is 1.85. The van der Waals surface area contributed by atoms with Crippen molar-refractivity contribution in [2.75, 3.05) is 14.2 Å². The van der Waals surface area contributed by atoms with E-state index in [2.05, 4.69) is 25.9 Å². The van der Waals surface area contributed by atoms with Crippen LogP contribution in [0, 0.1) is 0 Å². The number of pyridine rings is 2. The molecule has 2 heterocycles. The van der Waals surface area contributed by atoms with E-state index in [9.17, 15) is 0 Å². The van der Waals surface area contributed by atoms with E-state index in [0.29, 0.717) is 27.5 Å². The topological polar surface area (TPSA) is 53.5 Å². The standard InChI is InChI=1S/C13H13BrN2O3/c1-17-10-5-7-15-9(12(10)18-2)8-19-11-4-3-6-16-13(11)14/h3-7H,8H2,1-2H3. The smallest absolute Gasteiger partial charge is 0.185 e. The van der Waals surface area contributed by atoms with Crippen molar-refractivity contribution in [3.63, 3.8) is 0 Å². The summed E-state index contributed by atoms with van der Waals surface area (Å²) >= 11 is 3.32. The van der Waals surface area contributed by atoms with E-state index in [1.807, 2.05) is 6.07 Å². The summed E-state index contributed by atoms with van der Waals surface area (Å²) in [6, 6.07) is 5.36. The Morgan fingerprint density at radius 3 is 2.58 bits per heavy atom. The molecule has 0 radical (unpaired) electrons. The Hall–Kier alpha value is -1.82. The van der Waals surface area contributed by atoms with Crippen LogP contribution in [-0.2, 0) is 6.61 Å². The van der Waals surface area contributed by atoms with Gasteiger partial charge in [-0.15, -0.1) is 0 Å². The maximum atomic E-state index is 5.66. The van der Waals surface area contributed by atoms with Crippen LogP contribution < -0.4 is 14.2 Å². The van der Waals surface area contributed by atoms with Gasteiger partial charge in [-0.3, -0.25) is 4.98 Å². The fraction of sp³-hybridized carbons (Fsp3) is 0.231. The van der Waals surface area contributed by atoms with Gasteiger partial charge in [0.25, 0.3) is 0 Å². The first kappa shape index (κ1) is 13.6. The lowest BCUT2D eigenvalue weighted by Crippen LogP contribution is -2.03. The summed E-state index contributed by atoms with van der Waals surface area (Å²) in [6.07, 6.45) is 3.33. The zero-order chi connectivity index (χ0) is 13.7. The third-order valence-electron chi connectivity index (χ3n) is 2.46. The summed E-state index contributed by atoms with van der Waals surface area (Å²) in [7, 11) is 3.16. The molecule has 0 aliphatic rings. The molecule has 0 N–H and O–H groups in total. The van der Waals surface area contributed by atoms with Crippen LogP contribution in [0.15, 0.2) is 35.2 Å². The molecule has 19 heavy (non-hydrogen) atoms. The summed E-state index contributed by atoms with van der Waals surface area (Å²) in [5.41, 5.74) is 0.664. The molecule has 0 bridgehead atoms. The molecule has 0 fully saturated rings. The van der Waals surface area contributed by atoms with Gasteiger partial charge in [-0.2, -0.15) is 0 Å². The zero-order valence-corrected chi connectivity index (χ0v) is 12.2. The van der Waals surface area contributed by atoms with E-state index in [1.165, 1.54) is 0 Å². The lowest BCUT2D eigenvalue weighted by molar-refractivity contribution is 0.282. The van der Waals surface area contributed by atoms with Crippen LogP contribution >= 0.6 is 15.9 Å². The molecule has 2 aromatic heterocycles. The minimum Gasteiger partial charge on any atom is -0.493 e. The second-order valence-electron chi connectivity index (χ2n) is 3.57. The van der Waals surface area contributed by atoms with Crippen molar-refractivity contribution >= 4 is 15.9 Å². The molecule has 2 aromatic rings. The van der Waals surface area contributed by atoms with Crippen molar-refractivity contribution < 1.29 is 14.2 Å². The van der Waals surface area contributed by atoms with Gasteiger partial charge in [0.1, 0.15) is 16.9 Å². The van der Waals surface area contributed by atoms with Crippen LogP contribution in [-0.4, -0.2) is 24.2 Å². The maximum Gasteiger partial charge on any atom is 0.185 e. The molecule has 2 rings (SSSR count). The molecule has 0 spiro atoms. The SMILES string of the molecule is COc1ccnc(COc2cccnc2Br)c1OC. The van der Waals surface area contributed by atoms with Crippen molar-refractivity contribution in [3.05, 3.63) is 40.9 Å². The highest BCUT2D eigenvalue weighted by Gasteiger charge is 2.12. The third kappa shape index (κ3) is 3.14. The van der Waals surface area contributed by atoms with Gasteiger partial charge in [-0.1, -0.05) is 0 Å². The fourth-order valence-electron chi connectivity index (χ4n) is 1.58. The monoisotopic (exact) mass is 324 g/mol. The lowest BCUT2D eigenvalue weighted by Gasteiger charge is -2.12. The molecule has 0 unspecified atom stereocenters. The fourth-order valence-corrected chi connectivity index (χ4v) is 1.94. The molecule has 0 amide bonds. The number of hydrogen-bond donors (Lipinski definition) is 0. The van der Waals surface area contributed by atoms with Crippen LogP contribution in [0.1, 0.15) is 5.69 Å². The second kappa shape index (κ2) is 6.38. The molecule has 5 nitrogen and oxygen atoms in total. The zero-order valence-electron chi connectivity index (χ0n) is 10.6. The van der Waals surface area contributed by atoms with Crippen molar-refractivity contribution in [2.24, 2.45) is 0 Å². The van der Waals surface area contributed by atoms with Gasteiger partial charge in [-0.05, 0) is 28.1 Å². The number of hydrogen-bond acceptors (Lipinski definition) is 5. The lowest BCUT2D eigenvalue weighted by atomic mass is 10.3. The van der Waals surface area contributed by atoms with Gasteiger partial charge >= 0.3 is 0 Å². The largest absolute Gasteiger partial charge is 0.493 e. The highest BCUT2D eigenvalue weighted by atomic mass is 79.9. The molecule has 0 saturated carbocycles. The van der Waals surface area contributed by atoms with Crippen LogP contribution in [0.4, 0.5) is 0 Å². The normalized spacial score (nSPS) is 10.1. The minimum atomic E-state index is 0.269. The quantitative estimate of drug-likeness (QED) is 0.791. The number of halogens is 1. The van der Waals surface area contributed by atoms with Gasteiger partial charge in [-0.25, -0.2) is 4.98 Å². The minimum absolute atomic E-state index is 0.269. The number of ether oxygens (including phenoxy) is 3. The average molecular weight is 325 g/mol. The Bertz CT molecular complexity index is 563. The van der Waals surface area contributed by atoms with Gasteiger partial charge in [0.2, 0.25) is 0 Å². The van der Waals surface area contributed by atoms with Gasteiger partial charge in [0.15, 0.2) is 17.2 Å². The highest BCUT2D eigenvalue weighted by molar-refractivity contribution is 9.10. The number of nitrogens with zero attached hydrogens (tertiary/aromatic N) is 2. The van der Waals surface area contributed by atoms with E-state index in [0.717, 1.165) is 0 Å². The summed E-state index contributed by atoms with van der Waals surface area (Å²) < 4.78 is 16.8. The molecule has 100 valence electrons. The Balaban J connectivity index is 2.18. The van der Waals surface area contributed by atoms with E-state index >= 15 is 0 Å². The molecule has 0 saturated heterocycles. The Kier molecular flexibility index (Phi) is 4.57. The third-order valence-corrected chi connectivity index (χ3v) is 3.05. The van der Waals surface area contributed by atoms with Gasteiger partial charge in [0.05, 0.1) is 14.2 Å². The first-order valence-corrected chi connectivity index (χ1v) is 6.34. The molecule has 0 aliphatic carbocycles. The van der Waals surface area contributed by atoms with Crippen molar-refractivity contribution in [1.29, 1.82) is 0 Å². The molecule has 0 aromatic carbocycles. The number of methoxy groups -OCH3 is 2. The maximum absolute atomic E-state index is 5.66. The van der Waals surface area contributed by atoms with Crippen LogP contribution in [0.25, 0.3) is 0 Å². The van der Waals surface area contributed by atoms with Crippen molar-refractivity contribution in [2.45, 2.75) is 6.61 Å². The first-order chi connectivity index (χ1) is 9.26. The molecule has 0 atom stereocenters. The molecular weight excluding hydrogens is 312 g/mol. The van der Waals surface area contributed by atoms with Crippen LogP contribution in [0.2, 0.25) is 0 Å². The van der Waals surface area contributed by atoms with E-state index < -0.39 is 0 Å². The molecule has 0 aliphatic heterocycles. The Labute approximate surface area is 119 Å². The van der Waals surface area contributed by atoms with Crippen molar-refractivity contribution in [1.82, 2.24) is 9.97 Å². The predicted octanol–water partition coefficient (Wildman–Crippen LogP) is 2.84. The molecular formula is C13H13BrN2O3. The van der Waals surface area contributed by atoms with Crippen LogP contribution in [0.5, 0.6) is 17.2 Å². The van der Waals surface area contributed by atoms with E-state index in [4.69, 9.17) is 14.2 Å². The Morgan fingerprint density at radius 1 is 1.05 bits per heavy atom. The Morgan fingerprint density at radius 2 is 1.89 bits per heavy atom. The average Bonchev–Trinajstić information content (AvgIpc) is 2.45. The highest BCUT2D eigenvalue weighted by Crippen LogP contribution is 2.30.